The Morgan fingerprint density at radius 2 is 1.85 bits per heavy atom. The van der Waals surface area contributed by atoms with Crippen LogP contribution in [0.5, 0.6) is 5.75 Å². The molecule has 0 aliphatic carbocycles. The first-order chi connectivity index (χ1) is 12.6. The lowest BCUT2D eigenvalue weighted by atomic mass is 10.1. The second-order valence-electron chi connectivity index (χ2n) is 5.64. The van der Waals surface area contributed by atoms with Gasteiger partial charge >= 0.3 is 5.97 Å². The van der Waals surface area contributed by atoms with E-state index in [0.29, 0.717) is 23.4 Å². The van der Waals surface area contributed by atoms with Crippen molar-refractivity contribution in [2.24, 2.45) is 0 Å². The number of anilines is 1. The van der Waals surface area contributed by atoms with Crippen molar-refractivity contribution in [2.45, 2.75) is 19.8 Å². The van der Waals surface area contributed by atoms with Crippen molar-refractivity contribution in [1.82, 2.24) is 0 Å². The zero-order chi connectivity index (χ0) is 18.8. The van der Waals surface area contributed by atoms with Gasteiger partial charge in [0.05, 0.1) is 19.3 Å². The number of esters is 1. The highest BCUT2D eigenvalue weighted by Crippen LogP contribution is 2.14. The van der Waals surface area contributed by atoms with E-state index < -0.39 is 5.97 Å². The Balaban J connectivity index is 1.92. The number of ether oxygens (including phenoxy) is 2. The van der Waals surface area contributed by atoms with Crippen molar-refractivity contribution in [3.8, 4) is 5.75 Å². The highest BCUT2D eigenvalue weighted by molar-refractivity contribution is 6.04. The van der Waals surface area contributed by atoms with Crippen molar-refractivity contribution in [3.63, 3.8) is 0 Å². The Labute approximate surface area is 153 Å². The minimum Gasteiger partial charge on any atom is -0.494 e. The molecule has 5 nitrogen and oxygen atoms in total. The molecule has 2 aromatic carbocycles. The molecule has 0 heterocycles. The summed E-state index contributed by atoms with van der Waals surface area (Å²) < 4.78 is 10.3. The lowest BCUT2D eigenvalue weighted by Gasteiger charge is -2.05. The Morgan fingerprint density at radius 3 is 2.54 bits per heavy atom. The molecule has 1 N–H and O–H groups in total. The van der Waals surface area contributed by atoms with Crippen molar-refractivity contribution in [2.75, 3.05) is 19.0 Å². The number of carbonyl (C=O) groups is 2. The van der Waals surface area contributed by atoms with Gasteiger partial charge in [0.2, 0.25) is 0 Å². The fourth-order valence-electron chi connectivity index (χ4n) is 2.21. The fourth-order valence-corrected chi connectivity index (χ4v) is 2.21. The van der Waals surface area contributed by atoms with Gasteiger partial charge in [-0.05, 0) is 48.9 Å². The van der Waals surface area contributed by atoms with Crippen LogP contribution in [-0.4, -0.2) is 25.5 Å². The van der Waals surface area contributed by atoms with Crippen LogP contribution in [0.3, 0.4) is 0 Å². The summed E-state index contributed by atoms with van der Waals surface area (Å²) in [6.45, 7) is 2.79. The molecule has 0 spiro atoms. The summed E-state index contributed by atoms with van der Waals surface area (Å²) in [4.78, 5) is 23.7. The number of hydrogen-bond acceptors (Lipinski definition) is 5. The van der Waals surface area contributed by atoms with Crippen LogP contribution in [0.4, 0.5) is 5.69 Å². The first kappa shape index (κ1) is 19.2. The number of hydrogen-bond donors (Lipinski definition) is 1. The van der Waals surface area contributed by atoms with Gasteiger partial charge in [0, 0.05) is 23.5 Å². The van der Waals surface area contributed by atoms with Crippen molar-refractivity contribution in [3.05, 3.63) is 71.9 Å². The van der Waals surface area contributed by atoms with Gasteiger partial charge in [-0.15, -0.1) is 0 Å². The maximum Gasteiger partial charge on any atom is 0.337 e. The molecule has 0 bridgehead atoms. The molecule has 0 aliphatic rings. The van der Waals surface area contributed by atoms with Crippen LogP contribution in [0.25, 0.3) is 0 Å². The molecular weight excluding hydrogens is 330 g/mol. The molecule has 0 aliphatic heterocycles. The highest BCUT2D eigenvalue weighted by atomic mass is 16.5. The van der Waals surface area contributed by atoms with Gasteiger partial charge < -0.3 is 14.8 Å². The number of carbonyl (C=O) groups excluding carboxylic acids is 2. The van der Waals surface area contributed by atoms with E-state index in [1.54, 1.807) is 54.7 Å². The molecule has 2 aromatic rings. The fraction of sp³-hybridized carbons (Fsp3) is 0.238. The minimum atomic E-state index is -0.407. The van der Waals surface area contributed by atoms with Crippen LogP contribution < -0.4 is 10.1 Å². The third-order valence-corrected chi connectivity index (χ3v) is 3.67. The summed E-state index contributed by atoms with van der Waals surface area (Å²) in [6.07, 6.45) is 5.07. The maximum atomic E-state index is 12.2. The molecule has 5 heteroatoms. The van der Waals surface area contributed by atoms with Crippen LogP contribution in [0, 0.1) is 0 Å². The van der Waals surface area contributed by atoms with E-state index in [1.165, 1.54) is 13.2 Å². The zero-order valence-corrected chi connectivity index (χ0v) is 15.0. The van der Waals surface area contributed by atoms with Gasteiger partial charge in [0.15, 0.2) is 5.78 Å². The van der Waals surface area contributed by atoms with Crippen molar-refractivity contribution >= 4 is 17.4 Å². The number of methoxy groups -OCH3 is 1. The number of benzene rings is 2. The van der Waals surface area contributed by atoms with Gasteiger partial charge in [-0.3, -0.25) is 4.79 Å². The lowest BCUT2D eigenvalue weighted by Crippen LogP contribution is -2.02. The van der Waals surface area contributed by atoms with E-state index in [-0.39, 0.29) is 5.78 Å². The van der Waals surface area contributed by atoms with Crippen LogP contribution >= 0.6 is 0 Å². The molecule has 0 aromatic heterocycles. The molecule has 0 amide bonds. The van der Waals surface area contributed by atoms with Gasteiger partial charge in [-0.1, -0.05) is 19.4 Å². The summed E-state index contributed by atoms with van der Waals surface area (Å²) >= 11 is 0. The third kappa shape index (κ3) is 5.77. The second-order valence-corrected chi connectivity index (χ2v) is 5.64. The van der Waals surface area contributed by atoms with Crippen molar-refractivity contribution in [1.29, 1.82) is 0 Å². The molecule has 0 fully saturated rings. The molecule has 0 unspecified atom stereocenters. The highest BCUT2D eigenvalue weighted by Gasteiger charge is 2.05. The Hall–Kier alpha value is -3.08. The number of rotatable bonds is 9. The Kier molecular flexibility index (Phi) is 7.43. The molecule has 2 rings (SSSR count). The number of ketones is 1. The molecule has 136 valence electrons. The summed E-state index contributed by atoms with van der Waals surface area (Å²) in [7, 11) is 1.33. The molecule has 0 atom stereocenters. The van der Waals surface area contributed by atoms with Crippen LogP contribution in [0.2, 0.25) is 0 Å². The van der Waals surface area contributed by atoms with E-state index in [0.717, 1.165) is 18.6 Å². The smallest absolute Gasteiger partial charge is 0.337 e. The summed E-state index contributed by atoms with van der Waals surface area (Å²) in [5.41, 5.74) is 1.71. The molecule has 0 radical (unpaired) electrons. The van der Waals surface area contributed by atoms with Crippen LogP contribution in [-0.2, 0) is 4.74 Å². The predicted molar refractivity (Wildman–Crippen MR) is 102 cm³/mol. The van der Waals surface area contributed by atoms with Crippen molar-refractivity contribution < 1.29 is 19.1 Å². The second kappa shape index (κ2) is 10.0. The van der Waals surface area contributed by atoms with E-state index in [9.17, 15) is 9.59 Å². The molecular formula is C21H23NO4. The molecule has 26 heavy (non-hydrogen) atoms. The zero-order valence-electron chi connectivity index (χ0n) is 15.0. The average molecular weight is 353 g/mol. The average Bonchev–Trinajstić information content (AvgIpc) is 2.68. The van der Waals surface area contributed by atoms with E-state index in [2.05, 4.69) is 17.0 Å². The predicted octanol–water partition coefficient (Wildman–Crippen LogP) is 4.46. The number of allylic oxidation sites excluding steroid dienone is 1. The third-order valence-electron chi connectivity index (χ3n) is 3.67. The maximum absolute atomic E-state index is 12.2. The minimum absolute atomic E-state index is 0.123. The van der Waals surface area contributed by atoms with Gasteiger partial charge in [-0.25, -0.2) is 4.79 Å². The van der Waals surface area contributed by atoms with E-state index in [1.807, 2.05) is 0 Å². The lowest BCUT2D eigenvalue weighted by molar-refractivity contribution is 0.0600. The summed E-state index contributed by atoms with van der Waals surface area (Å²) in [5, 5.41) is 2.98. The largest absolute Gasteiger partial charge is 0.494 e. The monoisotopic (exact) mass is 353 g/mol. The summed E-state index contributed by atoms with van der Waals surface area (Å²) in [5.74, 6) is 0.230. The Morgan fingerprint density at radius 1 is 1.08 bits per heavy atom. The number of nitrogens with one attached hydrogen (secondary N) is 1. The first-order valence-electron chi connectivity index (χ1n) is 8.52. The first-order valence-corrected chi connectivity index (χ1v) is 8.52. The topological polar surface area (TPSA) is 64.6 Å². The van der Waals surface area contributed by atoms with Gasteiger partial charge in [-0.2, -0.15) is 0 Å². The van der Waals surface area contributed by atoms with Crippen LogP contribution in [0.15, 0.2) is 60.8 Å². The van der Waals surface area contributed by atoms with Crippen LogP contribution in [0.1, 0.15) is 40.5 Å². The van der Waals surface area contributed by atoms with E-state index in [4.69, 9.17) is 4.74 Å². The molecule has 0 saturated carbocycles. The van der Waals surface area contributed by atoms with Gasteiger partial charge in [0.1, 0.15) is 5.75 Å². The standard InChI is InChI=1S/C21H23NO4/c1-3-4-14-26-19-10-8-16(9-11-19)20(23)12-13-22-18-7-5-6-17(15-18)21(24)25-2/h5-13,15,22H,3-4,14H2,1-2H3. The van der Waals surface area contributed by atoms with Gasteiger partial charge in [0.25, 0.3) is 0 Å². The quantitative estimate of drug-likeness (QED) is 0.312. The number of unbranched alkanes of at least 4 members (excludes halogenated alkanes) is 1. The normalized spacial score (nSPS) is 10.5. The molecule has 0 saturated heterocycles. The SMILES string of the molecule is CCCCOc1ccc(C(=O)C=CNc2cccc(C(=O)OC)c2)cc1. The Bertz CT molecular complexity index is 766. The van der Waals surface area contributed by atoms with E-state index >= 15 is 0 Å². The summed E-state index contributed by atoms with van der Waals surface area (Å²) in [6, 6.07) is 13.9.